The lowest BCUT2D eigenvalue weighted by Crippen LogP contribution is -2.35. The Morgan fingerprint density at radius 1 is 1.45 bits per heavy atom. The van der Waals surface area contributed by atoms with Gasteiger partial charge in [-0.2, -0.15) is 0 Å². The summed E-state index contributed by atoms with van der Waals surface area (Å²) in [6.07, 6.45) is 3.28. The number of nitrogens with zero attached hydrogens (tertiary/aromatic N) is 2. The molecule has 0 aromatic carbocycles. The molecular formula is C16H18N2O3S. The van der Waals surface area contributed by atoms with Gasteiger partial charge in [0.2, 0.25) is 0 Å². The molecule has 0 N–H and O–H groups in total. The maximum absolute atomic E-state index is 12.5. The summed E-state index contributed by atoms with van der Waals surface area (Å²) in [6.45, 7) is 2.63. The van der Waals surface area contributed by atoms with Crippen molar-refractivity contribution in [2.75, 3.05) is 18.6 Å². The molecule has 0 spiro atoms. The minimum absolute atomic E-state index is 0.00666. The Kier molecular flexibility index (Phi) is 3.31. The van der Waals surface area contributed by atoms with Crippen LogP contribution in [0.2, 0.25) is 0 Å². The topological polar surface area (TPSA) is 55.6 Å². The van der Waals surface area contributed by atoms with Crippen LogP contribution in [-0.4, -0.2) is 30.6 Å². The Hall–Kier alpha value is -1.66. The van der Waals surface area contributed by atoms with Crippen molar-refractivity contribution >= 4 is 22.4 Å². The summed E-state index contributed by atoms with van der Waals surface area (Å²) in [4.78, 5) is 20.0. The largest absolute Gasteiger partial charge is 0.466 e. The van der Waals surface area contributed by atoms with Crippen LogP contribution in [0.1, 0.15) is 29.2 Å². The zero-order valence-electron chi connectivity index (χ0n) is 12.7. The van der Waals surface area contributed by atoms with Crippen molar-refractivity contribution < 1.29 is 13.9 Å². The van der Waals surface area contributed by atoms with Crippen molar-refractivity contribution in [3.8, 4) is 11.3 Å². The van der Waals surface area contributed by atoms with Crippen molar-refractivity contribution in [1.82, 2.24) is 4.98 Å². The van der Waals surface area contributed by atoms with E-state index in [1.165, 1.54) is 4.88 Å². The second-order valence-corrected chi connectivity index (χ2v) is 6.92. The van der Waals surface area contributed by atoms with Gasteiger partial charge in [-0.25, -0.2) is 4.98 Å². The number of hydrogen-bond acceptors (Lipinski definition) is 5. The molecule has 0 radical (unpaired) electrons. The van der Waals surface area contributed by atoms with Crippen LogP contribution in [-0.2, 0) is 22.4 Å². The summed E-state index contributed by atoms with van der Waals surface area (Å²) in [6, 6.07) is 2.04. The van der Waals surface area contributed by atoms with Crippen LogP contribution in [0.4, 0.5) is 5.13 Å². The zero-order chi connectivity index (χ0) is 15.3. The molecule has 1 atom stereocenters. The van der Waals surface area contributed by atoms with Gasteiger partial charge in [-0.05, 0) is 32.3 Å². The minimum Gasteiger partial charge on any atom is -0.466 e. The van der Waals surface area contributed by atoms with Crippen molar-refractivity contribution in [3.05, 3.63) is 22.5 Å². The third-order valence-electron chi connectivity index (χ3n) is 4.28. The number of furan rings is 1. The highest BCUT2D eigenvalue weighted by Crippen LogP contribution is 2.40. The number of aryl methyl sites for hydroxylation is 3. The average Bonchev–Trinajstić information content (AvgIpc) is 3.22. The van der Waals surface area contributed by atoms with Crippen LogP contribution in [0.15, 0.2) is 10.5 Å². The van der Waals surface area contributed by atoms with Gasteiger partial charge < -0.3 is 9.15 Å². The molecule has 1 unspecified atom stereocenters. The second kappa shape index (κ2) is 5.21. The van der Waals surface area contributed by atoms with E-state index in [2.05, 4.69) is 0 Å². The van der Waals surface area contributed by atoms with Crippen molar-refractivity contribution in [3.63, 3.8) is 0 Å². The molecule has 5 nitrogen and oxygen atoms in total. The summed E-state index contributed by atoms with van der Waals surface area (Å²) in [7, 11) is 1.79. The molecule has 4 rings (SSSR count). The number of ether oxygens (including phenoxy) is 1. The second-order valence-electron chi connectivity index (χ2n) is 5.86. The number of fused-ring (bicyclic) bond motifs is 3. The predicted molar refractivity (Wildman–Crippen MR) is 84.3 cm³/mol. The summed E-state index contributed by atoms with van der Waals surface area (Å²) >= 11 is 1.60. The van der Waals surface area contributed by atoms with Gasteiger partial charge in [-0.3, -0.25) is 9.69 Å². The van der Waals surface area contributed by atoms with E-state index in [0.717, 1.165) is 53.6 Å². The quantitative estimate of drug-likeness (QED) is 0.854. The fourth-order valence-electron chi connectivity index (χ4n) is 3.12. The fourth-order valence-corrected chi connectivity index (χ4v) is 4.16. The van der Waals surface area contributed by atoms with E-state index in [-0.39, 0.29) is 12.0 Å². The Labute approximate surface area is 132 Å². The van der Waals surface area contributed by atoms with Crippen LogP contribution >= 0.6 is 11.3 Å². The molecule has 1 aliphatic carbocycles. The standard InChI is InChI=1S/C16H18N2O3S/c1-9-8-10-11(21-9)5-6-13-14(10)17-16(22-13)18(2)15(19)12-4-3-7-20-12/h8,12H,3-7H2,1-2H3. The predicted octanol–water partition coefficient (Wildman–Crippen LogP) is 2.95. The monoisotopic (exact) mass is 318 g/mol. The van der Waals surface area contributed by atoms with Crippen molar-refractivity contribution in [2.45, 2.75) is 38.7 Å². The molecular weight excluding hydrogens is 300 g/mol. The summed E-state index contributed by atoms with van der Waals surface area (Å²) in [5.74, 6) is 1.93. The molecule has 1 saturated heterocycles. The Balaban J connectivity index is 1.65. The first-order valence-corrected chi connectivity index (χ1v) is 8.43. The van der Waals surface area contributed by atoms with E-state index < -0.39 is 0 Å². The van der Waals surface area contributed by atoms with E-state index in [9.17, 15) is 4.79 Å². The Morgan fingerprint density at radius 2 is 2.32 bits per heavy atom. The van der Waals surface area contributed by atoms with Gasteiger partial charge >= 0.3 is 0 Å². The normalized spacial score (nSPS) is 19.8. The number of hydrogen-bond donors (Lipinski definition) is 0. The van der Waals surface area contributed by atoms with Gasteiger partial charge in [0.15, 0.2) is 5.13 Å². The first kappa shape index (κ1) is 14.0. The lowest BCUT2D eigenvalue weighted by atomic mass is 10.0. The Bertz CT molecular complexity index is 728. The maximum Gasteiger partial charge on any atom is 0.257 e. The molecule has 0 bridgehead atoms. The summed E-state index contributed by atoms with van der Waals surface area (Å²) < 4.78 is 11.2. The number of anilines is 1. The molecule has 2 aromatic rings. The number of carbonyl (C=O) groups excluding carboxylic acids is 1. The third-order valence-corrected chi connectivity index (χ3v) is 5.47. The number of likely N-dealkylation sites (N-methyl/N-ethyl adjacent to an activating group) is 1. The molecule has 1 amide bonds. The van der Waals surface area contributed by atoms with Gasteiger partial charge in [-0.1, -0.05) is 0 Å². The Morgan fingerprint density at radius 3 is 3.09 bits per heavy atom. The maximum atomic E-state index is 12.5. The van der Waals surface area contributed by atoms with Gasteiger partial charge in [0.1, 0.15) is 17.6 Å². The van der Waals surface area contributed by atoms with E-state index >= 15 is 0 Å². The first-order valence-electron chi connectivity index (χ1n) is 7.62. The van der Waals surface area contributed by atoms with Gasteiger partial charge in [0.05, 0.1) is 5.69 Å². The van der Waals surface area contributed by atoms with E-state index in [4.69, 9.17) is 14.1 Å². The number of thiazole rings is 1. The number of carbonyl (C=O) groups is 1. The minimum atomic E-state index is -0.308. The molecule has 1 fully saturated rings. The average molecular weight is 318 g/mol. The molecule has 116 valence electrons. The number of aromatic nitrogens is 1. The van der Waals surface area contributed by atoms with Crippen LogP contribution in [0.3, 0.4) is 0 Å². The molecule has 1 aliphatic heterocycles. The summed E-state index contributed by atoms with van der Waals surface area (Å²) in [5, 5.41) is 0.747. The van der Waals surface area contributed by atoms with E-state index in [1.54, 1.807) is 23.3 Å². The number of rotatable bonds is 2. The van der Waals surface area contributed by atoms with Crippen molar-refractivity contribution in [1.29, 1.82) is 0 Å². The molecule has 3 heterocycles. The highest BCUT2D eigenvalue weighted by atomic mass is 32.1. The van der Waals surface area contributed by atoms with E-state index in [0.29, 0.717) is 6.61 Å². The molecule has 0 saturated carbocycles. The smallest absolute Gasteiger partial charge is 0.257 e. The first-order chi connectivity index (χ1) is 10.6. The number of amides is 1. The highest BCUT2D eigenvalue weighted by molar-refractivity contribution is 7.16. The molecule has 2 aliphatic rings. The summed E-state index contributed by atoms with van der Waals surface area (Å²) in [5.41, 5.74) is 2.06. The van der Waals surface area contributed by atoms with Crippen LogP contribution in [0, 0.1) is 6.92 Å². The molecule has 6 heteroatoms. The highest BCUT2D eigenvalue weighted by Gasteiger charge is 2.30. The van der Waals surface area contributed by atoms with E-state index in [1.807, 2.05) is 13.0 Å². The lowest BCUT2D eigenvalue weighted by molar-refractivity contribution is -0.127. The third kappa shape index (κ3) is 2.18. The van der Waals surface area contributed by atoms with Crippen LogP contribution in [0.25, 0.3) is 11.3 Å². The fraction of sp³-hybridized carbons (Fsp3) is 0.500. The van der Waals surface area contributed by atoms with Crippen LogP contribution < -0.4 is 4.90 Å². The van der Waals surface area contributed by atoms with Gasteiger partial charge in [-0.15, -0.1) is 11.3 Å². The van der Waals surface area contributed by atoms with Gasteiger partial charge in [0.25, 0.3) is 5.91 Å². The zero-order valence-corrected chi connectivity index (χ0v) is 13.5. The lowest BCUT2D eigenvalue weighted by Gasteiger charge is -2.17. The van der Waals surface area contributed by atoms with Gasteiger partial charge in [0, 0.05) is 30.5 Å². The molecule has 22 heavy (non-hydrogen) atoms. The molecule has 2 aromatic heterocycles. The van der Waals surface area contributed by atoms with Crippen LogP contribution in [0.5, 0.6) is 0 Å². The van der Waals surface area contributed by atoms with Crippen molar-refractivity contribution in [2.24, 2.45) is 0 Å². The SMILES string of the molecule is Cc1cc2c(o1)CCc1sc(N(C)C(=O)C3CCCO3)nc1-2.